The third-order valence-corrected chi connectivity index (χ3v) is 2.94. The van der Waals surface area contributed by atoms with Crippen LogP contribution in [-0.4, -0.2) is 26.7 Å². The summed E-state index contributed by atoms with van der Waals surface area (Å²) in [6.07, 6.45) is 6.77. The van der Waals surface area contributed by atoms with E-state index in [1.807, 2.05) is 18.3 Å². The average Bonchev–Trinajstić information content (AvgIpc) is 2.87. The minimum atomic E-state index is 0.216. The summed E-state index contributed by atoms with van der Waals surface area (Å²) in [5, 5.41) is 4.08. The van der Waals surface area contributed by atoms with E-state index in [2.05, 4.69) is 10.1 Å². The van der Waals surface area contributed by atoms with Gasteiger partial charge in [0.1, 0.15) is 6.10 Å². The van der Waals surface area contributed by atoms with Crippen molar-refractivity contribution in [1.29, 1.82) is 0 Å². The molecule has 0 bridgehead atoms. The predicted molar refractivity (Wildman–Crippen MR) is 59.2 cm³/mol. The number of rotatable bonds is 2. The molecule has 5 nitrogen and oxygen atoms in total. The number of hydrogen-bond acceptors (Lipinski definition) is 4. The van der Waals surface area contributed by atoms with Crippen LogP contribution in [0.5, 0.6) is 5.88 Å². The second kappa shape index (κ2) is 3.75. The molecule has 0 aromatic carbocycles. The van der Waals surface area contributed by atoms with Gasteiger partial charge in [0, 0.05) is 24.4 Å². The lowest BCUT2D eigenvalue weighted by atomic mass is 10.3. The fourth-order valence-corrected chi connectivity index (χ4v) is 2.11. The Balaban J connectivity index is 1.78. The van der Waals surface area contributed by atoms with Crippen molar-refractivity contribution >= 4 is 5.65 Å². The van der Waals surface area contributed by atoms with E-state index in [1.54, 1.807) is 10.7 Å². The zero-order chi connectivity index (χ0) is 11.0. The summed E-state index contributed by atoms with van der Waals surface area (Å²) in [4.78, 5) is 4.36. The first kappa shape index (κ1) is 9.59. The maximum absolute atomic E-state index is 5.84. The predicted octanol–water partition coefficient (Wildman–Crippen LogP) is 0.988. The van der Waals surface area contributed by atoms with Crippen molar-refractivity contribution in [2.75, 3.05) is 0 Å². The number of aromatic nitrogens is 3. The zero-order valence-corrected chi connectivity index (χ0v) is 8.91. The van der Waals surface area contributed by atoms with Crippen LogP contribution in [0, 0.1) is 0 Å². The van der Waals surface area contributed by atoms with Crippen molar-refractivity contribution in [2.24, 2.45) is 5.73 Å². The first-order valence-electron chi connectivity index (χ1n) is 5.54. The summed E-state index contributed by atoms with van der Waals surface area (Å²) < 4.78 is 7.51. The fourth-order valence-electron chi connectivity index (χ4n) is 2.11. The molecule has 5 heteroatoms. The lowest BCUT2D eigenvalue weighted by Crippen LogP contribution is -2.19. The molecule has 0 saturated heterocycles. The van der Waals surface area contributed by atoms with Crippen molar-refractivity contribution in [3.63, 3.8) is 0 Å². The Kier molecular flexibility index (Phi) is 2.25. The van der Waals surface area contributed by atoms with Crippen LogP contribution in [0.3, 0.4) is 0 Å². The lowest BCUT2D eigenvalue weighted by Gasteiger charge is -2.12. The number of nitrogens with two attached hydrogens (primary N) is 1. The second-order valence-electron chi connectivity index (χ2n) is 4.21. The van der Waals surface area contributed by atoms with Gasteiger partial charge in [-0.2, -0.15) is 10.1 Å². The van der Waals surface area contributed by atoms with Crippen molar-refractivity contribution in [3.05, 3.63) is 24.5 Å². The van der Waals surface area contributed by atoms with E-state index in [0.717, 1.165) is 24.9 Å². The largest absolute Gasteiger partial charge is 0.474 e. The Bertz CT molecular complexity index is 495. The van der Waals surface area contributed by atoms with Crippen molar-refractivity contribution in [1.82, 2.24) is 14.6 Å². The fraction of sp³-hybridized carbons (Fsp3) is 0.455. The molecule has 2 atom stereocenters. The molecule has 0 radical (unpaired) electrons. The van der Waals surface area contributed by atoms with E-state index in [-0.39, 0.29) is 12.1 Å². The number of fused-ring (bicyclic) bond motifs is 1. The molecule has 84 valence electrons. The molecule has 1 saturated carbocycles. The van der Waals surface area contributed by atoms with Gasteiger partial charge < -0.3 is 10.5 Å². The molecular weight excluding hydrogens is 204 g/mol. The molecule has 0 aliphatic heterocycles. The molecular formula is C11H14N4O. The van der Waals surface area contributed by atoms with Gasteiger partial charge in [0.2, 0.25) is 5.88 Å². The maximum Gasteiger partial charge on any atom is 0.217 e. The molecule has 2 heterocycles. The van der Waals surface area contributed by atoms with Crippen LogP contribution in [0.15, 0.2) is 24.5 Å². The van der Waals surface area contributed by atoms with Crippen molar-refractivity contribution < 1.29 is 4.74 Å². The Labute approximate surface area is 93.2 Å². The zero-order valence-electron chi connectivity index (χ0n) is 8.91. The van der Waals surface area contributed by atoms with Crippen LogP contribution in [0.2, 0.25) is 0 Å². The van der Waals surface area contributed by atoms with E-state index in [1.165, 1.54) is 0 Å². The van der Waals surface area contributed by atoms with E-state index in [4.69, 9.17) is 10.5 Å². The number of ether oxygens (including phenoxy) is 1. The van der Waals surface area contributed by atoms with Gasteiger partial charge in [-0.15, -0.1) is 0 Å². The van der Waals surface area contributed by atoms with Gasteiger partial charge in [0.05, 0.1) is 6.20 Å². The summed E-state index contributed by atoms with van der Waals surface area (Å²) in [6.45, 7) is 0. The summed E-state index contributed by atoms with van der Waals surface area (Å²) in [7, 11) is 0. The molecule has 1 fully saturated rings. The van der Waals surface area contributed by atoms with Crippen LogP contribution in [0.4, 0.5) is 0 Å². The third kappa shape index (κ3) is 1.74. The molecule has 3 rings (SSSR count). The molecule has 0 spiro atoms. The van der Waals surface area contributed by atoms with E-state index < -0.39 is 0 Å². The van der Waals surface area contributed by atoms with Crippen LogP contribution in [0.1, 0.15) is 19.3 Å². The third-order valence-electron chi connectivity index (χ3n) is 2.94. The molecule has 2 aromatic rings. The highest BCUT2D eigenvalue weighted by atomic mass is 16.5. The topological polar surface area (TPSA) is 65.4 Å². The van der Waals surface area contributed by atoms with Crippen molar-refractivity contribution in [3.8, 4) is 5.88 Å². The Morgan fingerprint density at radius 1 is 1.38 bits per heavy atom. The lowest BCUT2D eigenvalue weighted by molar-refractivity contribution is 0.200. The highest BCUT2D eigenvalue weighted by Crippen LogP contribution is 2.22. The molecule has 1 aliphatic rings. The van der Waals surface area contributed by atoms with Gasteiger partial charge in [-0.3, -0.25) is 0 Å². The summed E-state index contributed by atoms with van der Waals surface area (Å²) in [6, 6.07) is 3.97. The van der Waals surface area contributed by atoms with Crippen LogP contribution in [0.25, 0.3) is 5.65 Å². The monoisotopic (exact) mass is 218 g/mol. The molecule has 1 aliphatic carbocycles. The average molecular weight is 218 g/mol. The highest BCUT2D eigenvalue weighted by molar-refractivity contribution is 5.37. The summed E-state index contributed by atoms with van der Waals surface area (Å²) >= 11 is 0. The first-order valence-corrected chi connectivity index (χ1v) is 5.54. The summed E-state index contributed by atoms with van der Waals surface area (Å²) in [5.74, 6) is 0.659. The Morgan fingerprint density at radius 2 is 2.31 bits per heavy atom. The van der Waals surface area contributed by atoms with Crippen LogP contribution >= 0.6 is 0 Å². The summed E-state index contributed by atoms with van der Waals surface area (Å²) in [5.41, 5.74) is 6.64. The molecule has 16 heavy (non-hydrogen) atoms. The van der Waals surface area contributed by atoms with Crippen molar-refractivity contribution in [2.45, 2.75) is 31.4 Å². The molecule has 0 amide bonds. The van der Waals surface area contributed by atoms with Gasteiger partial charge >= 0.3 is 0 Å². The van der Waals surface area contributed by atoms with E-state index in [0.29, 0.717) is 5.88 Å². The normalized spacial score (nSPS) is 25.1. The van der Waals surface area contributed by atoms with Gasteiger partial charge in [-0.25, -0.2) is 4.52 Å². The standard InChI is InChI=1S/C11H14N4O/c12-8-1-2-9(7-8)16-11-4-6-15-10(14-11)3-5-13-15/h3-6,8-9H,1-2,7,12H2. The molecule has 2 aromatic heterocycles. The molecule has 2 N–H and O–H groups in total. The maximum atomic E-state index is 5.84. The minimum Gasteiger partial charge on any atom is -0.474 e. The number of nitrogens with zero attached hydrogens (tertiary/aromatic N) is 3. The minimum absolute atomic E-state index is 0.216. The van der Waals surface area contributed by atoms with Gasteiger partial charge in [-0.05, 0) is 19.3 Å². The second-order valence-corrected chi connectivity index (χ2v) is 4.21. The SMILES string of the molecule is NC1CCC(Oc2ccn3nccc3n2)C1. The van der Waals surface area contributed by atoms with Gasteiger partial charge in [-0.1, -0.05) is 0 Å². The van der Waals surface area contributed by atoms with Gasteiger partial charge in [0.15, 0.2) is 5.65 Å². The van der Waals surface area contributed by atoms with Gasteiger partial charge in [0.25, 0.3) is 0 Å². The molecule has 2 unspecified atom stereocenters. The smallest absolute Gasteiger partial charge is 0.217 e. The first-order chi connectivity index (χ1) is 7.81. The Hall–Kier alpha value is -1.62. The van der Waals surface area contributed by atoms with Crippen LogP contribution in [-0.2, 0) is 0 Å². The number of hydrogen-bond donors (Lipinski definition) is 1. The van der Waals surface area contributed by atoms with E-state index >= 15 is 0 Å². The highest BCUT2D eigenvalue weighted by Gasteiger charge is 2.23. The quantitative estimate of drug-likeness (QED) is 0.816. The van der Waals surface area contributed by atoms with E-state index in [9.17, 15) is 0 Å². The van der Waals surface area contributed by atoms with Crippen LogP contribution < -0.4 is 10.5 Å². The Morgan fingerprint density at radius 3 is 3.12 bits per heavy atom.